The maximum Gasteiger partial charge on any atom is 0.184 e. The van der Waals surface area contributed by atoms with E-state index in [0.29, 0.717) is 0 Å². The summed E-state index contributed by atoms with van der Waals surface area (Å²) in [5.41, 5.74) is 4.31. The lowest BCUT2D eigenvalue weighted by Gasteiger charge is -2.45. The van der Waals surface area contributed by atoms with Crippen LogP contribution in [0.15, 0.2) is 195 Å². The molecule has 1 aliphatic heterocycles. The molecule has 0 saturated heterocycles. The van der Waals surface area contributed by atoms with Crippen LogP contribution in [0.25, 0.3) is 47.5 Å². The molecule has 0 spiro atoms. The predicted molar refractivity (Wildman–Crippen MR) is 239 cm³/mol. The van der Waals surface area contributed by atoms with Gasteiger partial charge < -0.3 is 4.74 Å². The van der Waals surface area contributed by atoms with Gasteiger partial charge in [0.2, 0.25) is 0 Å². The van der Waals surface area contributed by atoms with Gasteiger partial charge in [-0.2, -0.15) is 0 Å². The van der Waals surface area contributed by atoms with Gasteiger partial charge in [-0.3, -0.25) is 9.30 Å². The number of hydrogen-bond acceptors (Lipinski definition) is 5. The summed E-state index contributed by atoms with van der Waals surface area (Å²) in [6, 6.07) is 63.6. The average molecular weight is 765 g/mol. The van der Waals surface area contributed by atoms with Crippen molar-refractivity contribution in [1.29, 1.82) is 0 Å². The van der Waals surface area contributed by atoms with Crippen molar-refractivity contribution in [2.75, 3.05) is 4.90 Å². The third-order valence-electron chi connectivity index (χ3n) is 11.6. The molecule has 0 N–H and O–H groups in total. The molecule has 12 rings (SSSR count). The summed E-state index contributed by atoms with van der Waals surface area (Å²) in [5, 5.41) is 11.2. The normalized spacial score (nSPS) is 13.4. The summed E-state index contributed by atoms with van der Waals surface area (Å²) < 4.78 is 11.6. The molecule has 7 aromatic carbocycles. The average Bonchev–Trinajstić information content (AvgIpc) is 3.93. The number of thiophene rings is 1. The second-order valence-electron chi connectivity index (χ2n) is 14.6. The van der Waals surface area contributed by atoms with Gasteiger partial charge in [0.25, 0.3) is 0 Å². The second-order valence-corrected chi connectivity index (χ2v) is 19.4. The lowest BCUT2D eigenvalue weighted by molar-refractivity contribution is 0.484. The fourth-order valence-corrected chi connectivity index (χ4v) is 15.7. The van der Waals surface area contributed by atoms with E-state index in [1.165, 1.54) is 52.0 Å². The van der Waals surface area contributed by atoms with Crippen molar-refractivity contribution < 1.29 is 4.74 Å². The van der Waals surface area contributed by atoms with Crippen molar-refractivity contribution in [1.82, 2.24) is 14.4 Å². The first kappa shape index (κ1) is 32.2. The molecule has 4 aromatic heterocycles. The van der Waals surface area contributed by atoms with Crippen LogP contribution < -0.4 is 30.4 Å². The van der Waals surface area contributed by atoms with E-state index >= 15 is 0 Å². The van der Waals surface area contributed by atoms with Gasteiger partial charge in [0.05, 0.1) is 21.6 Å². The van der Waals surface area contributed by atoms with Crippen molar-refractivity contribution >= 4 is 105 Å². The van der Waals surface area contributed by atoms with E-state index in [1.54, 1.807) is 0 Å². The highest BCUT2D eigenvalue weighted by Gasteiger charge is 2.50. The van der Waals surface area contributed by atoms with Gasteiger partial charge in [-0.15, -0.1) is 11.3 Å². The lowest BCUT2D eigenvalue weighted by atomic mass is 10.1. The molecule has 0 radical (unpaired) electrons. The number of aromatic nitrogens is 3. The van der Waals surface area contributed by atoms with E-state index in [9.17, 15) is 0 Å². The minimum absolute atomic E-state index is 0.754. The summed E-state index contributed by atoms with van der Waals surface area (Å²) in [4.78, 5) is 12.2. The highest BCUT2D eigenvalue weighted by molar-refractivity contribution is 7.27. The van der Waals surface area contributed by atoms with E-state index in [2.05, 4.69) is 179 Å². The standard InChI is InChI=1S/C50H32N4OSSi/c1-3-13-35(14-4-1)57(36-15-5-2-6-16-36)45-26-23-34(55-33-22-24-37-38-17-7-9-19-42(38)53-30-29-52-50(53)41(37)31-33)32-43(45)54(47-21-11-12-28-51-47)48-46(57)27-25-40-39-18-8-10-20-44(39)56-49(40)48/h1-32H. The highest BCUT2D eigenvalue weighted by Crippen LogP contribution is 2.47. The number of imidazole rings is 1. The summed E-state index contributed by atoms with van der Waals surface area (Å²) in [5.74, 6) is 2.38. The predicted octanol–water partition coefficient (Wildman–Crippen LogP) is 10.4. The zero-order valence-corrected chi connectivity index (χ0v) is 32.4. The molecule has 0 amide bonds. The quantitative estimate of drug-likeness (QED) is 0.129. The molecular weight excluding hydrogens is 733 g/mol. The van der Waals surface area contributed by atoms with E-state index in [1.807, 2.05) is 36.0 Å². The van der Waals surface area contributed by atoms with Crippen LogP contribution in [0.4, 0.5) is 17.2 Å². The Morgan fingerprint density at radius 1 is 0.509 bits per heavy atom. The fourth-order valence-electron chi connectivity index (χ4n) is 9.28. The molecular formula is C50H32N4OSSi. The SMILES string of the molecule is c1ccc([Si]2(c3ccccc3)c3ccc(Oc4ccc5c6ccccc6n6ccnc6c5c4)cc3N(c3ccccn3)c3c2ccc2c3sc3ccccc32)cc1. The Morgan fingerprint density at radius 3 is 2.00 bits per heavy atom. The number of pyridine rings is 2. The zero-order valence-electron chi connectivity index (χ0n) is 30.6. The number of fused-ring (bicyclic) bond motifs is 12. The van der Waals surface area contributed by atoms with E-state index < -0.39 is 8.07 Å². The topological polar surface area (TPSA) is 42.7 Å². The Hall–Kier alpha value is -7.06. The Bertz CT molecular complexity index is 3310. The van der Waals surface area contributed by atoms with Crippen LogP contribution in [0.3, 0.4) is 0 Å². The number of ether oxygens (including phenoxy) is 1. The van der Waals surface area contributed by atoms with Crippen molar-refractivity contribution in [2.45, 2.75) is 0 Å². The molecule has 0 atom stereocenters. The smallest absolute Gasteiger partial charge is 0.184 e. The van der Waals surface area contributed by atoms with Crippen LogP contribution >= 0.6 is 11.3 Å². The number of rotatable bonds is 5. The summed E-state index contributed by atoms with van der Waals surface area (Å²) in [6.45, 7) is 0. The van der Waals surface area contributed by atoms with Crippen molar-refractivity contribution in [3.8, 4) is 11.5 Å². The Kier molecular flexibility index (Phi) is 7.05. The maximum absolute atomic E-state index is 6.91. The van der Waals surface area contributed by atoms with Gasteiger partial charge in [0.15, 0.2) is 8.07 Å². The third-order valence-corrected chi connectivity index (χ3v) is 17.7. The summed E-state index contributed by atoms with van der Waals surface area (Å²) in [6.07, 6.45) is 5.79. The maximum atomic E-state index is 6.91. The summed E-state index contributed by atoms with van der Waals surface area (Å²) in [7, 11) is -2.95. The fraction of sp³-hybridized carbons (Fsp3) is 0. The largest absolute Gasteiger partial charge is 0.457 e. The van der Waals surface area contributed by atoms with Crippen molar-refractivity contribution in [2.24, 2.45) is 0 Å². The molecule has 0 aliphatic carbocycles. The molecule has 0 unspecified atom stereocenters. The molecule has 0 bridgehead atoms. The Morgan fingerprint density at radius 2 is 1.19 bits per heavy atom. The first-order chi connectivity index (χ1) is 28.3. The monoisotopic (exact) mass is 764 g/mol. The minimum atomic E-state index is -2.95. The number of hydrogen-bond donors (Lipinski definition) is 0. The first-order valence-corrected chi connectivity index (χ1v) is 22.0. The van der Waals surface area contributed by atoms with Gasteiger partial charge >= 0.3 is 0 Å². The van der Waals surface area contributed by atoms with Crippen LogP contribution in [0, 0.1) is 0 Å². The van der Waals surface area contributed by atoms with Gasteiger partial charge in [-0.1, -0.05) is 121 Å². The molecule has 5 nitrogen and oxygen atoms in total. The van der Waals surface area contributed by atoms with Gasteiger partial charge in [-0.05, 0) is 74.7 Å². The summed E-state index contributed by atoms with van der Waals surface area (Å²) >= 11 is 1.86. The molecule has 5 heterocycles. The van der Waals surface area contributed by atoms with Gasteiger partial charge in [0.1, 0.15) is 23.0 Å². The number of nitrogens with zero attached hydrogens (tertiary/aromatic N) is 4. The van der Waals surface area contributed by atoms with E-state index in [4.69, 9.17) is 14.7 Å². The molecule has 268 valence electrons. The van der Waals surface area contributed by atoms with Crippen molar-refractivity contribution in [3.63, 3.8) is 0 Å². The second kappa shape index (κ2) is 12.5. The third kappa shape index (κ3) is 4.67. The molecule has 57 heavy (non-hydrogen) atoms. The lowest BCUT2D eigenvalue weighted by Crippen LogP contribution is -2.77. The Balaban J connectivity index is 1.14. The van der Waals surface area contributed by atoms with Crippen LogP contribution in [-0.2, 0) is 0 Å². The Labute approximate surface area is 333 Å². The van der Waals surface area contributed by atoms with E-state index in [0.717, 1.165) is 44.9 Å². The molecule has 7 heteroatoms. The van der Waals surface area contributed by atoms with Crippen molar-refractivity contribution in [3.05, 3.63) is 195 Å². The van der Waals surface area contributed by atoms with Gasteiger partial charge in [0, 0.05) is 50.9 Å². The van der Waals surface area contributed by atoms with E-state index in [-0.39, 0.29) is 0 Å². The molecule has 11 aromatic rings. The molecule has 0 fully saturated rings. The highest BCUT2D eigenvalue weighted by atomic mass is 32.1. The minimum Gasteiger partial charge on any atom is -0.457 e. The van der Waals surface area contributed by atoms with Gasteiger partial charge in [-0.25, -0.2) is 9.97 Å². The zero-order chi connectivity index (χ0) is 37.5. The van der Waals surface area contributed by atoms with Crippen LogP contribution in [0.5, 0.6) is 11.5 Å². The van der Waals surface area contributed by atoms with Crippen LogP contribution in [0.2, 0.25) is 0 Å². The number of anilines is 3. The van der Waals surface area contributed by atoms with Crippen LogP contribution in [-0.4, -0.2) is 22.4 Å². The molecule has 1 aliphatic rings. The molecule has 0 saturated carbocycles. The number of para-hydroxylation sites is 1. The van der Waals surface area contributed by atoms with Crippen LogP contribution in [0.1, 0.15) is 0 Å². The number of benzene rings is 7. The first-order valence-electron chi connectivity index (χ1n) is 19.1.